The number of likely N-dealkylation sites (tertiary alicyclic amines) is 1. The maximum absolute atomic E-state index is 12.4. The van der Waals surface area contributed by atoms with E-state index in [1.54, 1.807) is 0 Å². The van der Waals surface area contributed by atoms with Crippen molar-refractivity contribution >= 4 is 11.8 Å². The second kappa shape index (κ2) is 8.42. The van der Waals surface area contributed by atoms with Gasteiger partial charge < -0.3 is 24.7 Å². The maximum Gasteiger partial charge on any atom is 0.251 e. The molecule has 0 radical (unpaired) electrons. The first-order chi connectivity index (χ1) is 14.5. The number of nitrogens with two attached hydrogens (primary N) is 1. The van der Waals surface area contributed by atoms with Crippen molar-refractivity contribution in [2.24, 2.45) is 5.73 Å². The molecule has 1 aromatic heterocycles. The second-order valence-corrected chi connectivity index (χ2v) is 7.85. The van der Waals surface area contributed by atoms with E-state index in [0.29, 0.717) is 30.9 Å². The Hall–Kier alpha value is -2.96. The highest BCUT2D eigenvalue weighted by molar-refractivity contribution is 6.02. The van der Waals surface area contributed by atoms with E-state index in [0.717, 1.165) is 67.2 Å². The normalized spacial score (nSPS) is 15.7. The molecule has 2 aliphatic heterocycles. The third kappa shape index (κ3) is 3.64. The molecule has 4 rings (SSSR count). The molecule has 3 heterocycles. The van der Waals surface area contributed by atoms with Crippen LogP contribution in [0.15, 0.2) is 18.2 Å². The fraction of sp³-hybridized carbons (Fsp3) is 0.478. The number of carbonyl (C=O) groups is 2. The molecule has 160 valence electrons. The molecule has 1 aromatic carbocycles. The highest BCUT2D eigenvalue weighted by Crippen LogP contribution is 2.39. The van der Waals surface area contributed by atoms with Gasteiger partial charge in [0.25, 0.3) is 5.91 Å². The minimum absolute atomic E-state index is 0.240. The predicted octanol–water partition coefficient (Wildman–Crippen LogP) is 2.91. The number of benzene rings is 1. The molecule has 0 atom stereocenters. The van der Waals surface area contributed by atoms with E-state index in [4.69, 9.17) is 15.2 Å². The van der Waals surface area contributed by atoms with Crippen LogP contribution in [0.3, 0.4) is 0 Å². The molecule has 0 spiro atoms. The van der Waals surface area contributed by atoms with Crippen LogP contribution in [-0.4, -0.2) is 47.6 Å². The van der Waals surface area contributed by atoms with Crippen molar-refractivity contribution < 1.29 is 19.1 Å². The van der Waals surface area contributed by atoms with Crippen LogP contribution in [0.2, 0.25) is 0 Å². The molecule has 0 aliphatic carbocycles. The van der Waals surface area contributed by atoms with Crippen LogP contribution >= 0.6 is 0 Å². The number of primary amides is 1. The first kappa shape index (κ1) is 20.3. The lowest BCUT2D eigenvalue weighted by Crippen LogP contribution is -2.26. The Morgan fingerprint density at radius 2 is 1.93 bits per heavy atom. The molecule has 7 heteroatoms. The van der Waals surface area contributed by atoms with Crippen molar-refractivity contribution in [3.63, 3.8) is 0 Å². The van der Waals surface area contributed by atoms with Crippen molar-refractivity contribution in [3.05, 3.63) is 35.2 Å². The fourth-order valence-electron chi connectivity index (χ4n) is 4.64. The number of rotatable bonds is 7. The van der Waals surface area contributed by atoms with Crippen LogP contribution in [0, 0.1) is 6.92 Å². The first-order valence-corrected chi connectivity index (χ1v) is 10.7. The van der Waals surface area contributed by atoms with Gasteiger partial charge in [-0.2, -0.15) is 0 Å². The van der Waals surface area contributed by atoms with Crippen LogP contribution in [0.4, 0.5) is 0 Å². The number of carbonyl (C=O) groups excluding carboxylic acids is 2. The zero-order valence-corrected chi connectivity index (χ0v) is 17.7. The fourth-order valence-corrected chi connectivity index (χ4v) is 4.64. The highest BCUT2D eigenvalue weighted by Gasteiger charge is 2.26. The summed E-state index contributed by atoms with van der Waals surface area (Å²) < 4.78 is 13.6. The Morgan fingerprint density at radius 1 is 1.17 bits per heavy atom. The second-order valence-electron chi connectivity index (χ2n) is 7.85. The van der Waals surface area contributed by atoms with Gasteiger partial charge in [-0.3, -0.25) is 9.59 Å². The smallest absolute Gasteiger partial charge is 0.251 e. The zero-order chi connectivity index (χ0) is 21.3. The van der Waals surface area contributed by atoms with Crippen molar-refractivity contribution in [2.75, 3.05) is 26.3 Å². The summed E-state index contributed by atoms with van der Waals surface area (Å²) in [5.74, 6) is 1.22. The number of hydrogen-bond acceptors (Lipinski definition) is 4. The number of amides is 2. The topological polar surface area (TPSA) is 86.8 Å². The third-order valence-electron chi connectivity index (χ3n) is 6.02. The Morgan fingerprint density at radius 3 is 2.60 bits per heavy atom. The predicted molar refractivity (Wildman–Crippen MR) is 114 cm³/mol. The summed E-state index contributed by atoms with van der Waals surface area (Å²) in [4.78, 5) is 26.2. The van der Waals surface area contributed by atoms with Crippen molar-refractivity contribution in [1.82, 2.24) is 9.47 Å². The lowest BCUT2D eigenvalue weighted by molar-refractivity contribution is -0.127. The summed E-state index contributed by atoms with van der Waals surface area (Å²) >= 11 is 0. The van der Waals surface area contributed by atoms with Crippen molar-refractivity contribution in [3.8, 4) is 22.6 Å². The van der Waals surface area contributed by atoms with E-state index in [1.165, 1.54) is 0 Å². The molecule has 2 aliphatic rings. The van der Waals surface area contributed by atoms with Gasteiger partial charge in [-0.05, 0) is 43.9 Å². The molecule has 0 unspecified atom stereocenters. The van der Waals surface area contributed by atoms with Gasteiger partial charge in [-0.15, -0.1) is 0 Å². The number of nitrogens with zero attached hydrogens (tertiary/aromatic N) is 2. The lowest BCUT2D eigenvalue weighted by Gasteiger charge is -2.19. The van der Waals surface area contributed by atoms with Gasteiger partial charge in [-0.1, -0.05) is 13.0 Å². The molecule has 2 aromatic rings. The van der Waals surface area contributed by atoms with E-state index in [-0.39, 0.29) is 5.91 Å². The van der Waals surface area contributed by atoms with Gasteiger partial charge in [0.05, 0.1) is 5.56 Å². The summed E-state index contributed by atoms with van der Waals surface area (Å²) in [5.41, 5.74) is 10.1. The average Bonchev–Trinajstić information content (AvgIpc) is 3.28. The molecular formula is C23H29N3O4. The molecule has 30 heavy (non-hydrogen) atoms. The molecule has 7 nitrogen and oxygen atoms in total. The van der Waals surface area contributed by atoms with Crippen molar-refractivity contribution in [2.45, 2.75) is 46.1 Å². The van der Waals surface area contributed by atoms with Crippen LogP contribution < -0.4 is 15.2 Å². The van der Waals surface area contributed by atoms with Crippen LogP contribution in [0.25, 0.3) is 11.1 Å². The minimum atomic E-state index is -0.430. The van der Waals surface area contributed by atoms with Gasteiger partial charge >= 0.3 is 0 Å². The zero-order valence-electron chi connectivity index (χ0n) is 17.7. The first-order valence-electron chi connectivity index (χ1n) is 10.7. The van der Waals surface area contributed by atoms with E-state index >= 15 is 0 Å². The minimum Gasteiger partial charge on any atom is -0.486 e. The maximum atomic E-state index is 12.4. The Labute approximate surface area is 176 Å². The largest absolute Gasteiger partial charge is 0.486 e. The quantitative estimate of drug-likeness (QED) is 0.759. The molecule has 2 N–H and O–H groups in total. The Balaban J connectivity index is 1.68. The average molecular weight is 412 g/mol. The van der Waals surface area contributed by atoms with Crippen LogP contribution in [0.1, 0.15) is 47.9 Å². The highest BCUT2D eigenvalue weighted by atomic mass is 16.6. The summed E-state index contributed by atoms with van der Waals surface area (Å²) in [6, 6.07) is 5.78. The Kier molecular flexibility index (Phi) is 5.70. The van der Waals surface area contributed by atoms with Crippen molar-refractivity contribution in [1.29, 1.82) is 0 Å². The van der Waals surface area contributed by atoms with E-state index in [2.05, 4.69) is 11.5 Å². The van der Waals surface area contributed by atoms with Crippen LogP contribution in [-0.2, 0) is 17.8 Å². The van der Waals surface area contributed by atoms with Gasteiger partial charge in [0.1, 0.15) is 13.2 Å². The monoisotopic (exact) mass is 411 g/mol. The van der Waals surface area contributed by atoms with E-state index < -0.39 is 5.91 Å². The van der Waals surface area contributed by atoms with E-state index in [1.807, 2.05) is 30.0 Å². The Bertz CT molecular complexity index is 979. The number of fused-ring (bicyclic) bond motifs is 1. The summed E-state index contributed by atoms with van der Waals surface area (Å²) in [7, 11) is 0. The summed E-state index contributed by atoms with van der Waals surface area (Å²) in [6.45, 7) is 7.40. The third-order valence-corrected chi connectivity index (χ3v) is 6.02. The molecule has 2 amide bonds. The molecule has 1 fully saturated rings. The summed E-state index contributed by atoms with van der Waals surface area (Å²) in [5, 5.41) is 0. The molecule has 1 saturated heterocycles. The standard InChI is InChI=1S/C23H29N3O4/c1-3-17-22(16-7-8-18-19(14-16)30-13-12-29-18)21(23(24)28)15(2)26(17)11-5-10-25-9-4-6-20(25)27/h7-8,14H,3-6,9-13H2,1-2H3,(H2,24,28). The van der Waals surface area contributed by atoms with Gasteiger partial charge in [-0.25, -0.2) is 0 Å². The van der Waals surface area contributed by atoms with E-state index in [9.17, 15) is 9.59 Å². The van der Waals surface area contributed by atoms with Gasteiger partial charge in [0, 0.05) is 43.0 Å². The lowest BCUT2D eigenvalue weighted by atomic mass is 9.98. The van der Waals surface area contributed by atoms with Gasteiger partial charge in [0.2, 0.25) is 5.91 Å². The number of hydrogen-bond donors (Lipinski definition) is 1. The molecule has 0 bridgehead atoms. The van der Waals surface area contributed by atoms with Crippen LogP contribution in [0.5, 0.6) is 11.5 Å². The molecular weight excluding hydrogens is 382 g/mol. The number of ether oxygens (including phenoxy) is 2. The summed E-state index contributed by atoms with van der Waals surface area (Å²) in [6.07, 6.45) is 3.21. The SMILES string of the molecule is CCc1c(-c2ccc3c(c2)OCCO3)c(C(N)=O)c(C)n1CCCN1CCCC1=O. The molecule has 0 saturated carbocycles. The number of aromatic nitrogens is 1. The van der Waals surface area contributed by atoms with Gasteiger partial charge in [0.15, 0.2) is 11.5 Å².